The normalized spacial score (nSPS) is 10.4. The molecule has 100 valence electrons. The second-order valence-electron chi connectivity index (χ2n) is 4.27. The molecule has 1 heterocycles. The topological polar surface area (TPSA) is 37.0 Å². The number of para-hydroxylation sites is 1. The Morgan fingerprint density at radius 3 is 3.05 bits per heavy atom. The van der Waals surface area contributed by atoms with Crippen LogP contribution in [0.1, 0.15) is 19.8 Å². The van der Waals surface area contributed by atoms with Crippen LogP contribution in [-0.2, 0) is 0 Å². The molecule has 2 aromatic rings. The van der Waals surface area contributed by atoms with Gasteiger partial charge in [-0.15, -0.1) is 0 Å². The summed E-state index contributed by atoms with van der Waals surface area (Å²) in [5.41, 5.74) is 1.85. The van der Waals surface area contributed by atoms with Crippen molar-refractivity contribution in [3.8, 4) is 0 Å². The molecule has 0 unspecified atom stereocenters. The summed E-state index contributed by atoms with van der Waals surface area (Å²) in [5.74, 6) is 0. The second-order valence-corrected chi connectivity index (χ2v) is 5.59. The molecule has 0 amide bonds. The van der Waals surface area contributed by atoms with Gasteiger partial charge < -0.3 is 10.6 Å². The fourth-order valence-electron chi connectivity index (χ4n) is 1.78. The molecule has 0 spiro atoms. The Labute approximate surface area is 126 Å². The van der Waals surface area contributed by atoms with Crippen molar-refractivity contribution < 1.29 is 0 Å². The van der Waals surface area contributed by atoms with E-state index in [4.69, 9.17) is 12.2 Å². The van der Waals surface area contributed by atoms with Crippen LogP contribution < -0.4 is 10.6 Å². The smallest absolute Gasteiger partial charge is 0.170 e. The Bertz CT molecular complexity index is 586. The Morgan fingerprint density at radius 2 is 2.26 bits per heavy atom. The van der Waals surface area contributed by atoms with Gasteiger partial charge in [0.25, 0.3) is 0 Å². The predicted octanol–water partition coefficient (Wildman–Crippen LogP) is 4.08. The number of halogens is 1. The van der Waals surface area contributed by atoms with E-state index < -0.39 is 0 Å². The zero-order chi connectivity index (χ0) is 13.7. The fourth-order valence-corrected chi connectivity index (χ4v) is 2.34. The van der Waals surface area contributed by atoms with Gasteiger partial charge in [-0.25, -0.2) is 0 Å². The highest BCUT2D eigenvalue weighted by atomic mass is 79.9. The molecule has 0 radical (unpaired) electrons. The van der Waals surface area contributed by atoms with Crippen molar-refractivity contribution in [2.75, 3.05) is 11.9 Å². The molecule has 0 aliphatic carbocycles. The quantitative estimate of drug-likeness (QED) is 0.651. The summed E-state index contributed by atoms with van der Waals surface area (Å²) in [7, 11) is 0. The van der Waals surface area contributed by atoms with Gasteiger partial charge in [0.2, 0.25) is 0 Å². The number of hydrogen-bond acceptors (Lipinski definition) is 2. The number of fused-ring (bicyclic) bond motifs is 1. The van der Waals surface area contributed by atoms with E-state index in [2.05, 4.69) is 38.5 Å². The first-order valence-electron chi connectivity index (χ1n) is 6.30. The molecule has 0 saturated heterocycles. The van der Waals surface area contributed by atoms with Gasteiger partial charge in [-0.05, 0) is 46.7 Å². The molecule has 2 N–H and O–H groups in total. The predicted molar refractivity (Wildman–Crippen MR) is 88.6 cm³/mol. The lowest BCUT2D eigenvalue weighted by molar-refractivity contribution is 0.758. The van der Waals surface area contributed by atoms with E-state index in [0.717, 1.165) is 40.4 Å². The summed E-state index contributed by atoms with van der Waals surface area (Å²) in [6, 6.07) is 8.05. The van der Waals surface area contributed by atoms with E-state index in [9.17, 15) is 0 Å². The van der Waals surface area contributed by atoms with Crippen LogP contribution in [0.2, 0.25) is 0 Å². The van der Waals surface area contributed by atoms with Crippen LogP contribution in [0.25, 0.3) is 10.9 Å². The van der Waals surface area contributed by atoms with Gasteiger partial charge in [0, 0.05) is 22.6 Å². The van der Waals surface area contributed by atoms with Crippen molar-refractivity contribution in [2.24, 2.45) is 0 Å². The molecule has 19 heavy (non-hydrogen) atoms. The number of thiocarbonyl (C=S) groups is 1. The van der Waals surface area contributed by atoms with Crippen LogP contribution in [0.4, 0.5) is 5.69 Å². The highest BCUT2D eigenvalue weighted by Crippen LogP contribution is 2.23. The maximum absolute atomic E-state index is 5.28. The molecule has 0 saturated carbocycles. The third kappa shape index (κ3) is 3.88. The molecule has 1 aromatic carbocycles. The maximum Gasteiger partial charge on any atom is 0.170 e. The molecular weight excluding hydrogens is 322 g/mol. The van der Waals surface area contributed by atoms with E-state index in [1.165, 1.54) is 0 Å². The molecule has 3 nitrogen and oxygen atoms in total. The highest BCUT2D eigenvalue weighted by molar-refractivity contribution is 9.10. The van der Waals surface area contributed by atoms with E-state index in [1.807, 2.05) is 24.3 Å². The number of nitrogens with zero attached hydrogens (tertiary/aromatic N) is 1. The SMILES string of the molecule is CCCCNC(=S)Nc1cccc2cc(Br)cnc12. The molecule has 0 bridgehead atoms. The molecule has 0 fully saturated rings. The molecule has 0 atom stereocenters. The molecule has 1 aromatic heterocycles. The van der Waals surface area contributed by atoms with Crippen LogP contribution in [0.15, 0.2) is 34.9 Å². The van der Waals surface area contributed by atoms with Crippen LogP contribution in [-0.4, -0.2) is 16.6 Å². The van der Waals surface area contributed by atoms with E-state index in [1.54, 1.807) is 6.20 Å². The van der Waals surface area contributed by atoms with Gasteiger partial charge in [-0.2, -0.15) is 0 Å². The van der Waals surface area contributed by atoms with Crippen molar-refractivity contribution in [3.05, 3.63) is 34.9 Å². The summed E-state index contributed by atoms with van der Waals surface area (Å²) in [4.78, 5) is 4.43. The standard InChI is InChI=1S/C14H16BrN3S/c1-2-3-7-16-14(19)18-12-6-4-5-10-8-11(15)9-17-13(10)12/h4-6,8-9H,2-3,7H2,1H3,(H2,16,18,19). The lowest BCUT2D eigenvalue weighted by Crippen LogP contribution is -2.29. The fraction of sp³-hybridized carbons (Fsp3) is 0.286. The van der Waals surface area contributed by atoms with Gasteiger partial charge >= 0.3 is 0 Å². The van der Waals surface area contributed by atoms with Crippen LogP contribution in [0.3, 0.4) is 0 Å². The van der Waals surface area contributed by atoms with Gasteiger partial charge in [-0.3, -0.25) is 4.98 Å². The first-order valence-corrected chi connectivity index (χ1v) is 7.50. The van der Waals surface area contributed by atoms with Crippen molar-refractivity contribution in [3.63, 3.8) is 0 Å². The van der Waals surface area contributed by atoms with Crippen LogP contribution in [0.5, 0.6) is 0 Å². The largest absolute Gasteiger partial charge is 0.362 e. The van der Waals surface area contributed by atoms with Crippen LogP contribution in [0, 0.1) is 0 Å². The van der Waals surface area contributed by atoms with Gasteiger partial charge in [0.15, 0.2) is 5.11 Å². The van der Waals surface area contributed by atoms with Crippen LogP contribution >= 0.6 is 28.1 Å². The average Bonchev–Trinajstić information content (AvgIpc) is 2.39. The van der Waals surface area contributed by atoms with E-state index in [0.29, 0.717) is 5.11 Å². The minimum atomic E-state index is 0.644. The van der Waals surface area contributed by atoms with Gasteiger partial charge in [0.05, 0.1) is 11.2 Å². The third-order valence-corrected chi connectivity index (χ3v) is 3.42. The summed E-state index contributed by atoms with van der Waals surface area (Å²) in [5, 5.41) is 8.12. The Morgan fingerprint density at radius 1 is 1.42 bits per heavy atom. The minimum Gasteiger partial charge on any atom is -0.362 e. The highest BCUT2D eigenvalue weighted by Gasteiger charge is 2.04. The molecule has 5 heteroatoms. The number of rotatable bonds is 4. The Hall–Kier alpha value is -1.20. The molecule has 0 aliphatic heterocycles. The number of aromatic nitrogens is 1. The number of pyridine rings is 1. The number of anilines is 1. The lowest BCUT2D eigenvalue weighted by Gasteiger charge is -2.11. The molecule has 0 aliphatic rings. The number of unbranched alkanes of at least 4 members (excludes halogenated alkanes) is 1. The lowest BCUT2D eigenvalue weighted by atomic mass is 10.2. The summed E-state index contributed by atoms with van der Waals surface area (Å²) in [6.45, 7) is 3.05. The van der Waals surface area contributed by atoms with Gasteiger partial charge in [-0.1, -0.05) is 25.5 Å². The van der Waals surface area contributed by atoms with Gasteiger partial charge in [0.1, 0.15) is 0 Å². The number of hydrogen-bond donors (Lipinski definition) is 2. The van der Waals surface area contributed by atoms with E-state index in [-0.39, 0.29) is 0 Å². The third-order valence-electron chi connectivity index (χ3n) is 2.74. The summed E-state index contributed by atoms with van der Waals surface area (Å²) in [6.07, 6.45) is 4.06. The zero-order valence-electron chi connectivity index (χ0n) is 10.7. The number of benzene rings is 1. The monoisotopic (exact) mass is 337 g/mol. The maximum atomic E-state index is 5.28. The van der Waals surface area contributed by atoms with Crippen molar-refractivity contribution in [1.29, 1.82) is 0 Å². The van der Waals surface area contributed by atoms with E-state index >= 15 is 0 Å². The number of nitrogens with one attached hydrogen (secondary N) is 2. The van der Waals surface area contributed by atoms with Crippen molar-refractivity contribution >= 4 is 49.9 Å². The molecular formula is C14H16BrN3S. The minimum absolute atomic E-state index is 0.644. The summed E-state index contributed by atoms with van der Waals surface area (Å²) < 4.78 is 0.973. The summed E-state index contributed by atoms with van der Waals surface area (Å²) >= 11 is 8.71. The Balaban J connectivity index is 2.14. The first-order chi connectivity index (χ1) is 9.20. The molecule has 2 rings (SSSR count). The van der Waals surface area contributed by atoms with Crippen molar-refractivity contribution in [1.82, 2.24) is 10.3 Å². The Kier molecular flexibility index (Phi) is 5.10. The van der Waals surface area contributed by atoms with Crippen molar-refractivity contribution in [2.45, 2.75) is 19.8 Å². The second kappa shape index (κ2) is 6.82. The average molecular weight is 338 g/mol. The zero-order valence-corrected chi connectivity index (χ0v) is 13.1. The first kappa shape index (κ1) is 14.2.